The molecule has 1 aromatic carbocycles. The molecule has 82 valence electrons. The second-order valence-electron chi connectivity index (χ2n) is 3.23. The van der Waals surface area contributed by atoms with Gasteiger partial charge < -0.3 is 10.5 Å². The summed E-state index contributed by atoms with van der Waals surface area (Å²) in [7, 11) is 0. The number of hydrogen-bond acceptors (Lipinski definition) is 4. The second-order valence-corrected chi connectivity index (χ2v) is 3.64. The maximum absolute atomic E-state index is 5.88. The Morgan fingerprint density at radius 1 is 1.25 bits per heavy atom. The molecule has 0 radical (unpaired) electrons. The SMILES string of the molecule is Cc1nccnc1Oc1ccc(N)c(Cl)c1. The van der Waals surface area contributed by atoms with Gasteiger partial charge in [0.25, 0.3) is 0 Å². The summed E-state index contributed by atoms with van der Waals surface area (Å²) in [6.07, 6.45) is 3.18. The Morgan fingerprint density at radius 3 is 2.69 bits per heavy atom. The number of anilines is 1. The average molecular weight is 236 g/mol. The minimum atomic E-state index is 0.457. The van der Waals surface area contributed by atoms with Gasteiger partial charge in [-0.1, -0.05) is 11.6 Å². The van der Waals surface area contributed by atoms with Crippen LogP contribution in [0.15, 0.2) is 30.6 Å². The van der Waals surface area contributed by atoms with Crippen LogP contribution in [-0.4, -0.2) is 9.97 Å². The van der Waals surface area contributed by atoms with E-state index in [-0.39, 0.29) is 0 Å². The van der Waals surface area contributed by atoms with Crippen molar-refractivity contribution in [1.82, 2.24) is 9.97 Å². The van der Waals surface area contributed by atoms with Crippen LogP contribution in [0.4, 0.5) is 5.69 Å². The van der Waals surface area contributed by atoms with Crippen LogP contribution in [0.5, 0.6) is 11.6 Å². The van der Waals surface area contributed by atoms with E-state index in [0.717, 1.165) is 5.69 Å². The Bertz CT molecular complexity index is 516. The predicted octanol–water partition coefficient (Wildman–Crippen LogP) is 2.81. The number of halogens is 1. The molecule has 0 amide bonds. The van der Waals surface area contributed by atoms with Gasteiger partial charge in [-0.3, -0.25) is 4.98 Å². The standard InChI is InChI=1S/C11H10ClN3O/c1-7-11(15-5-4-14-7)16-8-2-3-10(13)9(12)6-8/h2-6H,13H2,1H3. The Hall–Kier alpha value is -1.81. The Balaban J connectivity index is 2.28. The number of aromatic nitrogens is 2. The van der Waals surface area contributed by atoms with E-state index < -0.39 is 0 Å². The van der Waals surface area contributed by atoms with Crippen LogP contribution in [0.25, 0.3) is 0 Å². The van der Waals surface area contributed by atoms with Gasteiger partial charge in [0.15, 0.2) is 0 Å². The minimum absolute atomic E-state index is 0.457. The molecule has 0 aliphatic heterocycles. The quantitative estimate of drug-likeness (QED) is 0.813. The maximum atomic E-state index is 5.88. The van der Waals surface area contributed by atoms with E-state index in [1.165, 1.54) is 0 Å². The molecule has 2 rings (SSSR count). The Kier molecular flexibility index (Phi) is 2.92. The molecule has 0 fully saturated rings. The first kappa shape index (κ1) is 10.7. The van der Waals surface area contributed by atoms with Gasteiger partial charge in [0.05, 0.1) is 16.4 Å². The number of nitrogen functional groups attached to an aromatic ring is 1. The molecule has 16 heavy (non-hydrogen) atoms. The molecule has 0 aliphatic rings. The van der Waals surface area contributed by atoms with Crippen LogP contribution in [0.3, 0.4) is 0 Å². The van der Waals surface area contributed by atoms with Crippen LogP contribution in [-0.2, 0) is 0 Å². The molecule has 0 saturated carbocycles. The number of rotatable bonds is 2. The highest BCUT2D eigenvalue weighted by Crippen LogP contribution is 2.27. The van der Waals surface area contributed by atoms with Crippen molar-refractivity contribution in [3.8, 4) is 11.6 Å². The van der Waals surface area contributed by atoms with Gasteiger partial charge in [-0.25, -0.2) is 4.98 Å². The first-order valence-electron chi connectivity index (χ1n) is 4.67. The molecular weight excluding hydrogens is 226 g/mol. The maximum Gasteiger partial charge on any atom is 0.240 e. The van der Waals surface area contributed by atoms with Crippen molar-refractivity contribution in [3.05, 3.63) is 41.3 Å². The number of hydrogen-bond donors (Lipinski definition) is 1. The zero-order chi connectivity index (χ0) is 11.5. The predicted molar refractivity (Wildman–Crippen MR) is 62.7 cm³/mol. The summed E-state index contributed by atoms with van der Waals surface area (Å²) in [6, 6.07) is 5.06. The van der Waals surface area contributed by atoms with Gasteiger partial charge in [-0.15, -0.1) is 0 Å². The molecule has 0 unspecified atom stereocenters. The van der Waals surface area contributed by atoms with Crippen molar-refractivity contribution >= 4 is 17.3 Å². The summed E-state index contributed by atoms with van der Waals surface area (Å²) in [6.45, 7) is 1.82. The van der Waals surface area contributed by atoms with Gasteiger partial charge >= 0.3 is 0 Å². The lowest BCUT2D eigenvalue weighted by molar-refractivity contribution is 0.455. The highest BCUT2D eigenvalue weighted by Gasteiger charge is 2.04. The van der Waals surface area contributed by atoms with Crippen LogP contribution >= 0.6 is 11.6 Å². The van der Waals surface area contributed by atoms with Crippen LogP contribution in [0.2, 0.25) is 5.02 Å². The second kappa shape index (κ2) is 4.37. The summed E-state index contributed by atoms with van der Waals surface area (Å²) in [5.41, 5.74) is 6.83. The van der Waals surface area contributed by atoms with Crippen LogP contribution in [0, 0.1) is 6.92 Å². The lowest BCUT2D eigenvalue weighted by atomic mass is 10.3. The molecule has 0 bridgehead atoms. The van der Waals surface area contributed by atoms with E-state index in [4.69, 9.17) is 22.1 Å². The Morgan fingerprint density at radius 2 is 2.00 bits per heavy atom. The van der Waals surface area contributed by atoms with Crippen molar-refractivity contribution in [2.75, 3.05) is 5.73 Å². The zero-order valence-electron chi connectivity index (χ0n) is 8.64. The molecule has 2 N–H and O–H groups in total. The van der Waals surface area contributed by atoms with Crippen LogP contribution < -0.4 is 10.5 Å². The van der Waals surface area contributed by atoms with E-state index in [1.54, 1.807) is 30.6 Å². The van der Waals surface area contributed by atoms with Crippen molar-refractivity contribution in [3.63, 3.8) is 0 Å². The van der Waals surface area contributed by atoms with E-state index in [9.17, 15) is 0 Å². The summed E-state index contributed by atoms with van der Waals surface area (Å²) >= 11 is 5.88. The average Bonchev–Trinajstić information content (AvgIpc) is 2.27. The third-order valence-corrected chi connectivity index (χ3v) is 2.35. The van der Waals surface area contributed by atoms with Gasteiger partial charge in [0, 0.05) is 18.5 Å². The van der Waals surface area contributed by atoms with Gasteiger partial charge in [-0.2, -0.15) is 0 Å². The molecule has 0 aliphatic carbocycles. The van der Waals surface area contributed by atoms with Crippen molar-refractivity contribution in [2.45, 2.75) is 6.92 Å². The van der Waals surface area contributed by atoms with Crippen LogP contribution in [0.1, 0.15) is 5.69 Å². The first-order chi connectivity index (χ1) is 7.66. The molecule has 1 aromatic heterocycles. The fourth-order valence-corrected chi connectivity index (χ4v) is 1.35. The summed E-state index contributed by atoms with van der Waals surface area (Å²) in [5, 5.41) is 0.457. The van der Waals surface area contributed by atoms with Gasteiger partial charge in [0.1, 0.15) is 5.75 Å². The molecule has 0 atom stereocenters. The number of nitrogens with zero attached hydrogens (tertiary/aromatic N) is 2. The smallest absolute Gasteiger partial charge is 0.240 e. The minimum Gasteiger partial charge on any atom is -0.437 e. The van der Waals surface area contributed by atoms with E-state index in [2.05, 4.69) is 9.97 Å². The third kappa shape index (κ3) is 2.23. The van der Waals surface area contributed by atoms with E-state index in [1.807, 2.05) is 6.92 Å². The fraction of sp³-hybridized carbons (Fsp3) is 0.0909. The van der Waals surface area contributed by atoms with Crippen molar-refractivity contribution < 1.29 is 4.74 Å². The van der Waals surface area contributed by atoms with Gasteiger partial charge in [-0.05, 0) is 19.1 Å². The fourth-order valence-electron chi connectivity index (χ4n) is 1.18. The number of ether oxygens (including phenoxy) is 1. The number of benzene rings is 1. The molecule has 2 aromatic rings. The Labute approximate surface area is 98.0 Å². The molecule has 5 heteroatoms. The normalized spacial score (nSPS) is 10.1. The topological polar surface area (TPSA) is 61.0 Å². The highest BCUT2D eigenvalue weighted by atomic mass is 35.5. The van der Waals surface area contributed by atoms with Crippen molar-refractivity contribution in [2.24, 2.45) is 0 Å². The number of aryl methyl sites for hydroxylation is 1. The summed E-state index contributed by atoms with van der Waals surface area (Å²) in [4.78, 5) is 8.14. The largest absolute Gasteiger partial charge is 0.437 e. The number of nitrogens with two attached hydrogens (primary N) is 1. The van der Waals surface area contributed by atoms with E-state index in [0.29, 0.717) is 22.3 Å². The molecule has 0 spiro atoms. The monoisotopic (exact) mass is 235 g/mol. The first-order valence-corrected chi connectivity index (χ1v) is 5.05. The third-order valence-electron chi connectivity index (χ3n) is 2.02. The van der Waals surface area contributed by atoms with E-state index >= 15 is 0 Å². The summed E-state index contributed by atoms with van der Waals surface area (Å²) < 4.78 is 5.53. The lowest BCUT2D eigenvalue weighted by Crippen LogP contribution is -1.93. The molecular formula is C11H10ClN3O. The summed E-state index contributed by atoms with van der Waals surface area (Å²) in [5.74, 6) is 1.05. The lowest BCUT2D eigenvalue weighted by Gasteiger charge is -2.07. The molecule has 0 saturated heterocycles. The zero-order valence-corrected chi connectivity index (χ0v) is 9.40. The molecule has 1 heterocycles. The van der Waals surface area contributed by atoms with Gasteiger partial charge in [0.2, 0.25) is 5.88 Å². The van der Waals surface area contributed by atoms with Crippen molar-refractivity contribution in [1.29, 1.82) is 0 Å². The molecule has 4 nitrogen and oxygen atoms in total. The highest BCUT2D eigenvalue weighted by molar-refractivity contribution is 6.33.